The minimum Gasteiger partial charge on any atom is -0.333 e. The number of nitrogens with zero attached hydrogens (tertiary/aromatic N) is 4. The number of fused-ring (bicyclic) bond motifs is 1. The summed E-state index contributed by atoms with van der Waals surface area (Å²) < 4.78 is 39.5. The molecule has 1 heterocycles. The van der Waals surface area contributed by atoms with Gasteiger partial charge >= 0.3 is 11.9 Å². The van der Waals surface area contributed by atoms with Crippen molar-refractivity contribution in [3.8, 4) is 0 Å². The molecule has 0 aliphatic carbocycles. The monoisotopic (exact) mass is 487 g/mol. The molecule has 174 valence electrons. The lowest BCUT2D eigenvalue weighted by Gasteiger charge is -2.24. The van der Waals surface area contributed by atoms with Crippen LogP contribution in [0.1, 0.15) is 12.5 Å². The third-order valence-corrected chi connectivity index (χ3v) is 5.49. The molecule has 0 atom stereocenters. The largest absolute Gasteiger partial charge is 0.416 e. The summed E-state index contributed by atoms with van der Waals surface area (Å²) in [6, 6.07) is 15.8. The van der Waals surface area contributed by atoms with E-state index >= 15 is 0 Å². The first kappa shape index (κ1) is 23.2. The molecule has 4 rings (SSSR count). The number of nitro groups is 1. The molecule has 34 heavy (non-hydrogen) atoms. The van der Waals surface area contributed by atoms with Crippen LogP contribution < -0.4 is 10.2 Å². The van der Waals surface area contributed by atoms with Crippen LogP contribution in [-0.4, -0.2) is 21.4 Å². The quantitative estimate of drug-likeness (QED) is 0.230. The minimum atomic E-state index is -4.61. The van der Waals surface area contributed by atoms with Gasteiger partial charge in [-0.1, -0.05) is 48.0 Å². The Balaban J connectivity index is 1.85. The third-order valence-electron chi connectivity index (χ3n) is 5.16. The van der Waals surface area contributed by atoms with E-state index in [0.717, 1.165) is 35.3 Å². The van der Waals surface area contributed by atoms with Crippen LogP contribution in [0.5, 0.6) is 0 Å². The van der Waals surface area contributed by atoms with Crippen LogP contribution in [0.15, 0.2) is 67.0 Å². The summed E-state index contributed by atoms with van der Waals surface area (Å²) >= 11 is 6.07. The highest BCUT2D eigenvalue weighted by molar-refractivity contribution is 6.33. The highest BCUT2D eigenvalue weighted by atomic mass is 35.5. The number of halogens is 4. The second-order valence-corrected chi connectivity index (χ2v) is 7.62. The SMILES string of the molecule is CCN(c1ncnc(Nc2cc(C(F)(F)F)ccc2Cl)c1[N+](=O)[O-])c1cccc2ccccc12. The van der Waals surface area contributed by atoms with Gasteiger partial charge in [0.25, 0.3) is 0 Å². The fraction of sp³-hybridized carbons (Fsp3) is 0.130. The molecule has 3 aromatic carbocycles. The van der Waals surface area contributed by atoms with E-state index in [2.05, 4.69) is 15.3 Å². The normalized spacial score (nSPS) is 11.4. The van der Waals surface area contributed by atoms with E-state index in [1.807, 2.05) is 49.4 Å². The van der Waals surface area contributed by atoms with Crippen LogP contribution in [0.4, 0.5) is 41.9 Å². The number of alkyl halides is 3. The van der Waals surface area contributed by atoms with Crippen molar-refractivity contribution in [3.05, 3.63) is 87.7 Å². The van der Waals surface area contributed by atoms with Gasteiger partial charge < -0.3 is 10.2 Å². The van der Waals surface area contributed by atoms with E-state index in [1.54, 1.807) is 4.90 Å². The average molecular weight is 488 g/mol. The highest BCUT2D eigenvalue weighted by Crippen LogP contribution is 2.41. The summed E-state index contributed by atoms with van der Waals surface area (Å²) in [5, 5.41) is 16.4. The number of aromatic nitrogens is 2. The predicted molar refractivity (Wildman–Crippen MR) is 125 cm³/mol. The minimum absolute atomic E-state index is 0.00977. The van der Waals surface area contributed by atoms with Crippen LogP contribution in [0.3, 0.4) is 0 Å². The Bertz CT molecular complexity index is 1380. The maximum atomic E-state index is 13.2. The van der Waals surface area contributed by atoms with E-state index in [-0.39, 0.29) is 22.3 Å². The lowest BCUT2D eigenvalue weighted by Crippen LogP contribution is -2.20. The predicted octanol–water partition coefficient (Wildman–Crippen LogP) is 7.11. The first-order chi connectivity index (χ1) is 16.2. The molecule has 11 heteroatoms. The molecule has 0 spiro atoms. The molecule has 0 amide bonds. The molecule has 7 nitrogen and oxygen atoms in total. The van der Waals surface area contributed by atoms with Gasteiger partial charge in [-0.25, -0.2) is 9.97 Å². The fourth-order valence-corrected chi connectivity index (χ4v) is 3.79. The zero-order valence-corrected chi connectivity index (χ0v) is 18.4. The van der Waals surface area contributed by atoms with Crippen LogP contribution >= 0.6 is 11.6 Å². The summed E-state index contributed by atoms with van der Waals surface area (Å²) in [6.07, 6.45) is -3.50. The van der Waals surface area contributed by atoms with Gasteiger partial charge in [0, 0.05) is 11.9 Å². The topological polar surface area (TPSA) is 84.2 Å². The van der Waals surface area contributed by atoms with Crippen molar-refractivity contribution in [3.63, 3.8) is 0 Å². The molecule has 0 aliphatic heterocycles. The maximum Gasteiger partial charge on any atom is 0.416 e. The van der Waals surface area contributed by atoms with Crippen LogP contribution in [-0.2, 0) is 6.18 Å². The number of hydrogen-bond acceptors (Lipinski definition) is 6. The second kappa shape index (κ2) is 9.14. The van der Waals surface area contributed by atoms with Crippen LogP contribution in [0.2, 0.25) is 5.02 Å². The van der Waals surface area contributed by atoms with Gasteiger partial charge in [-0.05, 0) is 36.6 Å². The second-order valence-electron chi connectivity index (χ2n) is 7.21. The Kier molecular flexibility index (Phi) is 6.25. The molecule has 0 radical (unpaired) electrons. The number of nitrogens with one attached hydrogen (secondary N) is 1. The lowest BCUT2D eigenvalue weighted by molar-refractivity contribution is -0.383. The van der Waals surface area contributed by atoms with Crippen molar-refractivity contribution >= 4 is 51.1 Å². The Hall–Kier alpha value is -3.92. The van der Waals surface area contributed by atoms with Gasteiger partial charge in [-0.3, -0.25) is 10.1 Å². The summed E-state index contributed by atoms with van der Waals surface area (Å²) in [4.78, 5) is 21.2. The summed E-state index contributed by atoms with van der Waals surface area (Å²) in [5.41, 5.74) is -0.934. The molecule has 0 saturated heterocycles. The van der Waals surface area contributed by atoms with Gasteiger partial charge in [0.1, 0.15) is 6.33 Å². The molecule has 1 N–H and O–H groups in total. The van der Waals surface area contributed by atoms with E-state index in [9.17, 15) is 23.3 Å². The van der Waals surface area contributed by atoms with E-state index in [4.69, 9.17) is 11.6 Å². The number of hydrogen-bond donors (Lipinski definition) is 1. The number of rotatable bonds is 6. The molecule has 0 unspecified atom stereocenters. The Morgan fingerprint density at radius 3 is 2.53 bits per heavy atom. The smallest absolute Gasteiger partial charge is 0.333 e. The third kappa shape index (κ3) is 4.44. The van der Waals surface area contributed by atoms with E-state index < -0.39 is 22.4 Å². The van der Waals surface area contributed by atoms with Crippen molar-refractivity contribution < 1.29 is 18.1 Å². The molecule has 0 aliphatic rings. The Morgan fingerprint density at radius 2 is 1.82 bits per heavy atom. The number of anilines is 4. The van der Waals surface area contributed by atoms with Crippen molar-refractivity contribution in [1.82, 2.24) is 9.97 Å². The first-order valence-electron chi connectivity index (χ1n) is 10.1. The van der Waals surface area contributed by atoms with Gasteiger partial charge in [0.05, 0.1) is 26.9 Å². The molecule has 4 aromatic rings. The molecular formula is C23H17ClF3N5O2. The fourth-order valence-electron chi connectivity index (χ4n) is 3.63. The standard InChI is InChI=1S/C23H17ClF3N5O2/c1-2-31(19-9-5-7-14-6-3-4-8-16(14)19)22-20(32(33)34)21(28-13-29-22)30-18-12-15(23(25,26)27)10-11-17(18)24/h3-13H,2H2,1H3,(H,28,29,30). The van der Waals surface area contributed by atoms with Crippen molar-refractivity contribution in [2.75, 3.05) is 16.8 Å². The van der Waals surface area contributed by atoms with Crippen molar-refractivity contribution in [2.45, 2.75) is 13.1 Å². The number of benzene rings is 3. The van der Waals surface area contributed by atoms with Crippen LogP contribution in [0, 0.1) is 10.1 Å². The maximum absolute atomic E-state index is 13.2. The van der Waals surface area contributed by atoms with Gasteiger partial charge in [0.2, 0.25) is 11.6 Å². The zero-order chi connectivity index (χ0) is 24.5. The first-order valence-corrected chi connectivity index (χ1v) is 10.5. The van der Waals surface area contributed by atoms with Gasteiger partial charge in [0.15, 0.2) is 0 Å². The Morgan fingerprint density at radius 1 is 1.09 bits per heavy atom. The molecular weight excluding hydrogens is 471 g/mol. The van der Waals surface area contributed by atoms with Gasteiger partial charge in [-0.2, -0.15) is 13.2 Å². The molecule has 1 aromatic heterocycles. The lowest BCUT2D eigenvalue weighted by atomic mass is 10.1. The summed E-state index contributed by atoms with van der Waals surface area (Å²) in [5.74, 6) is -0.292. The van der Waals surface area contributed by atoms with E-state index in [1.165, 1.54) is 0 Å². The highest BCUT2D eigenvalue weighted by Gasteiger charge is 2.32. The molecule has 0 saturated carbocycles. The average Bonchev–Trinajstić information content (AvgIpc) is 2.80. The molecule has 0 bridgehead atoms. The molecule has 0 fully saturated rings. The summed E-state index contributed by atoms with van der Waals surface area (Å²) in [7, 11) is 0. The van der Waals surface area contributed by atoms with Crippen LogP contribution in [0.25, 0.3) is 10.8 Å². The van der Waals surface area contributed by atoms with Gasteiger partial charge in [-0.15, -0.1) is 0 Å². The zero-order valence-electron chi connectivity index (χ0n) is 17.7. The van der Waals surface area contributed by atoms with Crippen molar-refractivity contribution in [1.29, 1.82) is 0 Å². The summed E-state index contributed by atoms with van der Waals surface area (Å²) in [6.45, 7) is 2.14. The van der Waals surface area contributed by atoms with E-state index in [0.29, 0.717) is 12.2 Å². The van der Waals surface area contributed by atoms with Crippen molar-refractivity contribution in [2.24, 2.45) is 0 Å². The Labute approximate surface area is 197 Å².